The van der Waals surface area contributed by atoms with Crippen LogP contribution in [0, 0.1) is 5.92 Å². The zero-order valence-corrected chi connectivity index (χ0v) is 9.80. The molecule has 0 unspecified atom stereocenters. The number of aromatic nitrogens is 1. The molecule has 0 bridgehead atoms. The first-order valence-corrected chi connectivity index (χ1v) is 5.65. The monoisotopic (exact) mass is 236 g/mol. The maximum absolute atomic E-state index is 12.2. The number of carbonyl (C=O) groups is 1. The SMILES string of the molecule is COc1ncccc1C(=O)N1CC[C@H](CO)C1. The topological polar surface area (TPSA) is 62.7 Å². The van der Waals surface area contributed by atoms with Crippen molar-refractivity contribution in [3.05, 3.63) is 23.9 Å². The number of nitrogens with zero attached hydrogens (tertiary/aromatic N) is 2. The quantitative estimate of drug-likeness (QED) is 0.832. The van der Waals surface area contributed by atoms with Crippen LogP contribution in [0.15, 0.2) is 18.3 Å². The van der Waals surface area contributed by atoms with Crippen LogP contribution >= 0.6 is 0 Å². The Morgan fingerprint density at radius 1 is 1.71 bits per heavy atom. The minimum Gasteiger partial charge on any atom is -0.480 e. The normalized spacial score (nSPS) is 19.4. The number of likely N-dealkylation sites (tertiary alicyclic amines) is 1. The van der Waals surface area contributed by atoms with Crippen LogP contribution < -0.4 is 4.74 Å². The molecule has 1 aliphatic rings. The van der Waals surface area contributed by atoms with E-state index in [0.717, 1.165) is 6.42 Å². The van der Waals surface area contributed by atoms with Crippen molar-refractivity contribution in [1.82, 2.24) is 9.88 Å². The minimum atomic E-state index is -0.0779. The van der Waals surface area contributed by atoms with Crippen LogP contribution in [0.3, 0.4) is 0 Å². The Kier molecular flexibility index (Phi) is 3.58. The molecule has 5 nitrogen and oxygen atoms in total. The molecule has 0 radical (unpaired) electrons. The third-order valence-corrected chi connectivity index (χ3v) is 3.03. The number of aliphatic hydroxyl groups is 1. The summed E-state index contributed by atoms with van der Waals surface area (Å²) in [6.45, 7) is 1.42. The summed E-state index contributed by atoms with van der Waals surface area (Å²) in [5.74, 6) is 0.470. The van der Waals surface area contributed by atoms with Gasteiger partial charge in [0, 0.05) is 31.8 Å². The first-order chi connectivity index (χ1) is 8.26. The lowest BCUT2D eigenvalue weighted by molar-refractivity contribution is 0.0777. The van der Waals surface area contributed by atoms with Crippen LogP contribution in [0.5, 0.6) is 5.88 Å². The van der Waals surface area contributed by atoms with E-state index in [1.54, 1.807) is 23.2 Å². The number of aliphatic hydroxyl groups excluding tert-OH is 1. The van der Waals surface area contributed by atoms with Crippen molar-refractivity contribution in [2.45, 2.75) is 6.42 Å². The van der Waals surface area contributed by atoms with Gasteiger partial charge in [0.2, 0.25) is 5.88 Å². The van der Waals surface area contributed by atoms with Crippen molar-refractivity contribution in [3.8, 4) is 5.88 Å². The number of hydrogen-bond donors (Lipinski definition) is 1. The molecule has 0 aliphatic carbocycles. The van der Waals surface area contributed by atoms with Gasteiger partial charge in [0.05, 0.1) is 7.11 Å². The molecule has 1 aromatic heterocycles. The molecule has 17 heavy (non-hydrogen) atoms. The van der Waals surface area contributed by atoms with Crippen LogP contribution in [0.2, 0.25) is 0 Å². The fraction of sp³-hybridized carbons (Fsp3) is 0.500. The van der Waals surface area contributed by atoms with Gasteiger partial charge in [-0.1, -0.05) is 0 Å². The summed E-state index contributed by atoms with van der Waals surface area (Å²) in [6.07, 6.45) is 2.45. The highest BCUT2D eigenvalue weighted by Crippen LogP contribution is 2.21. The van der Waals surface area contributed by atoms with Crippen LogP contribution in [0.25, 0.3) is 0 Å². The Labute approximate surface area is 100 Å². The zero-order chi connectivity index (χ0) is 12.3. The molecule has 1 saturated heterocycles. The lowest BCUT2D eigenvalue weighted by Gasteiger charge is -2.17. The average molecular weight is 236 g/mol. The van der Waals surface area contributed by atoms with Crippen LogP contribution in [-0.4, -0.2) is 47.7 Å². The second-order valence-corrected chi connectivity index (χ2v) is 4.15. The van der Waals surface area contributed by atoms with Crippen LogP contribution in [-0.2, 0) is 0 Å². The number of amides is 1. The molecule has 1 fully saturated rings. The Morgan fingerprint density at radius 2 is 2.53 bits per heavy atom. The largest absolute Gasteiger partial charge is 0.480 e. The van der Waals surface area contributed by atoms with Crippen molar-refractivity contribution in [3.63, 3.8) is 0 Å². The van der Waals surface area contributed by atoms with Gasteiger partial charge in [0.15, 0.2) is 0 Å². The summed E-state index contributed by atoms with van der Waals surface area (Å²) in [6, 6.07) is 3.43. The Hall–Kier alpha value is -1.62. The van der Waals surface area contributed by atoms with E-state index in [4.69, 9.17) is 9.84 Å². The highest BCUT2D eigenvalue weighted by atomic mass is 16.5. The van der Waals surface area contributed by atoms with Crippen LogP contribution in [0.4, 0.5) is 0 Å². The van der Waals surface area contributed by atoms with Gasteiger partial charge in [-0.2, -0.15) is 0 Å². The third-order valence-electron chi connectivity index (χ3n) is 3.03. The number of carbonyl (C=O) groups excluding carboxylic acids is 1. The minimum absolute atomic E-state index is 0.0779. The summed E-state index contributed by atoms with van der Waals surface area (Å²) < 4.78 is 5.07. The summed E-state index contributed by atoms with van der Waals surface area (Å²) in [5, 5.41) is 9.06. The van der Waals surface area contributed by atoms with E-state index in [2.05, 4.69) is 4.98 Å². The zero-order valence-electron chi connectivity index (χ0n) is 9.80. The van der Waals surface area contributed by atoms with Crippen molar-refractivity contribution in [2.24, 2.45) is 5.92 Å². The van der Waals surface area contributed by atoms with Crippen molar-refractivity contribution >= 4 is 5.91 Å². The standard InChI is InChI=1S/C12H16N2O3/c1-17-11-10(3-2-5-13-11)12(16)14-6-4-9(7-14)8-15/h2-3,5,9,15H,4,6-8H2,1H3/t9-/m0/s1. The molecule has 5 heteroatoms. The van der Waals surface area contributed by atoms with Gasteiger partial charge in [-0.25, -0.2) is 4.98 Å². The first kappa shape index (κ1) is 11.9. The van der Waals surface area contributed by atoms with Crippen molar-refractivity contribution in [1.29, 1.82) is 0 Å². The van der Waals surface area contributed by atoms with E-state index in [0.29, 0.717) is 24.5 Å². The fourth-order valence-corrected chi connectivity index (χ4v) is 2.05. The molecule has 1 N–H and O–H groups in total. The Balaban J connectivity index is 2.15. The fourth-order valence-electron chi connectivity index (χ4n) is 2.05. The molecular weight excluding hydrogens is 220 g/mol. The Morgan fingerprint density at radius 3 is 3.18 bits per heavy atom. The first-order valence-electron chi connectivity index (χ1n) is 5.65. The number of methoxy groups -OCH3 is 1. The lowest BCUT2D eigenvalue weighted by atomic mass is 10.1. The van der Waals surface area contributed by atoms with E-state index in [9.17, 15) is 4.79 Å². The predicted molar refractivity (Wildman–Crippen MR) is 61.9 cm³/mol. The summed E-state index contributed by atoms with van der Waals surface area (Å²) in [7, 11) is 1.50. The van der Waals surface area contributed by atoms with Gasteiger partial charge < -0.3 is 14.7 Å². The highest BCUT2D eigenvalue weighted by molar-refractivity contribution is 5.96. The van der Waals surface area contributed by atoms with Gasteiger partial charge in [-0.3, -0.25) is 4.79 Å². The number of rotatable bonds is 3. The molecule has 92 valence electrons. The van der Waals surface area contributed by atoms with E-state index < -0.39 is 0 Å². The van der Waals surface area contributed by atoms with E-state index >= 15 is 0 Å². The summed E-state index contributed by atoms with van der Waals surface area (Å²) in [5.41, 5.74) is 0.480. The smallest absolute Gasteiger partial charge is 0.259 e. The lowest BCUT2D eigenvalue weighted by Crippen LogP contribution is -2.29. The second-order valence-electron chi connectivity index (χ2n) is 4.15. The molecule has 1 aromatic rings. The Bertz CT molecular complexity index is 408. The molecule has 0 aromatic carbocycles. The van der Waals surface area contributed by atoms with Crippen LogP contribution in [0.1, 0.15) is 16.8 Å². The molecular formula is C12H16N2O3. The van der Waals surface area contributed by atoms with Gasteiger partial charge >= 0.3 is 0 Å². The number of ether oxygens (including phenoxy) is 1. The highest BCUT2D eigenvalue weighted by Gasteiger charge is 2.28. The summed E-state index contributed by atoms with van der Waals surface area (Å²) >= 11 is 0. The third kappa shape index (κ3) is 2.39. The molecule has 1 amide bonds. The summed E-state index contributed by atoms with van der Waals surface area (Å²) in [4.78, 5) is 18.0. The maximum atomic E-state index is 12.2. The molecule has 1 aliphatic heterocycles. The van der Waals surface area contributed by atoms with E-state index in [1.165, 1.54) is 7.11 Å². The molecule has 1 atom stereocenters. The average Bonchev–Trinajstić information content (AvgIpc) is 2.86. The maximum Gasteiger partial charge on any atom is 0.259 e. The predicted octanol–water partition coefficient (Wildman–Crippen LogP) is 0.545. The molecule has 0 spiro atoms. The van der Waals surface area contributed by atoms with Crippen molar-refractivity contribution in [2.75, 3.05) is 26.8 Å². The van der Waals surface area contributed by atoms with Gasteiger partial charge in [-0.15, -0.1) is 0 Å². The van der Waals surface area contributed by atoms with Gasteiger partial charge in [0.25, 0.3) is 5.91 Å². The number of pyridine rings is 1. The molecule has 2 heterocycles. The molecule has 0 saturated carbocycles. The van der Waals surface area contributed by atoms with Crippen molar-refractivity contribution < 1.29 is 14.6 Å². The van der Waals surface area contributed by atoms with Gasteiger partial charge in [-0.05, 0) is 18.6 Å². The number of hydrogen-bond acceptors (Lipinski definition) is 4. The van der Waals surface area contributed by atoms with Gasteiger partial charge in [0.1, 0.15) is 5.56 Å². The van der Waals surface area contributed by atoms with E-state index in [1.807, 2.05) is 0 Å². The molecule has 2 rings (SSSR count). The van der Waals surface area contributed by atoms with E-state index in [-0.39, 0.29) is 18.4 Å². The second kappa shape index (κ2) is 5.14.